The van der Waals surface area contributed by atoms with Crippen LogP contribution in [0.4, 0.5) is 4.39 Å². The predicted molar refractivity (Wildman–Crippen MR) is 75.5 cm³/mol. The first kappa shape index (κ1) is 13.8. The minimum absolute atomic E-state index is 0.0804. The third-order valence-corrected chi connectivity index (χ3v) is 4.44. The molecule has 0 aromatic heterocycles. The van der Waals surface area contributed by atoms with E-state index in [0.717, 1.165) is 26.2 Å². The zero-order chi connectivity index (χ0) is 14.1. The molecular weight excluding hydrogens is 281 g/mol. The number of amides is 1. The van der Waals surface area contributed by atoms with E-state index in [1.807, 2.05) is 0 Å². The van der Waals surface area contributed by atoms with Crippen molar-refractivity contribution in [2.75, 3.05) is 39.3 Å². The van der Waals surface area contributed by atoms with Gasteiger partial charge in [-0.15, -0.1) is 0 Å². The average molecular weight is 298 g/mol. The molecule has 20 heavy (non-hydrogen) atoms. The Bertz CT molecular complexity index is 513. The highest BCUT2D eigenvalue weighted by molar-refractivity contribution is 6.34. The number of rotatable bonds is 2. The highest BCUT2D eigenvalue weighted by Crippen LogP contribution is 2.22. The van der Waals surface area contributed by atoms with Crippen molar-refractivity contribution in [2.24, 2.45) is 0 Å². The smallest absolute Gasteiger partial charge is 0.255 e. The summed E-state index contributed by atoms with van der Waals surface area (Å²) in [6.45, 7) is 5.13. The number of carbonyl (C=O) groups excluding carboxylic acids is 1. The Labute approximate surface area is 122 Å². The van der Waals surface area contributed by atoms with Crippen molar-refractivity contribution >= 4 is 17.5 Å². The van der Waals surface area contributed by atoms with Gasteiger partial charge in [-0.25, -0.2) is 4.39 Å². The predicted octanol–water partition coefficient (Wildman–Crippen LogP) is 1.21. The summed E-state index contributed by atoms with van der Waals surface area (Å²) in [6, 6.07) is 4.96. The molecule has 2 heterocycles. The first-order valence-corrected chi connectivity index (χ1v) is 7.22. The van der Waals surface area contributed by atoms with Crippen molar-refractivity contribution in [2.45, 2.75) is 6.04 Å². The normalized spacial score (nSPS) is 20.8. The summed E-state index contributed by atoms with van der Waals surface area (Å²) in [5.41, 5.74) is 0.255. The molecule has 0 unspecified atom stereocenters. The van der Waals surface area contributed by atoms with Crippen LogP contribution in [-0.2, 0) is 0 Å². The molecule has 6 heteroatoms. The second-order valence-corrected chi connectivity index (χ2v) is 5.62. The number of halogens is 2. The zero-order valence-electron chi connectivity index (χ0n) is 11.1. The van der Waals surface area contributed by atoms with Crippen LogP contribution in [0.25, 0.3) is 0 Å². The highest BCUT2D eigenvalue weighted by Gasteiger charge is 2.30. The third-order valence-electron chi connectivity index (χ3n) is 4.06. The summed E-state index contributed by atoms with van der Waals surface area (Å²) in [7, 11) is 0. The number of hydrogen-bond acceptors (Lipinski definition) is 3. The van der Waals surface area contributed by atoms with Gasteiger partial charge in [-0.05, 0) is 12.1 Å². The second kappa shape index (κ2) is 5.68. The summed E-state index contributed by atoms with van der Waals surface area (Å²) in [6.07, 6.45) is 0. The maximum Gasteiger partial charge on any atom is 0.255 e. The third kappa shape index (κ3) is 2.53. The average Bonchev–Trinajstić information content (AvgIpc) is 2.40. The Balaban J connectivity index is 1.65. The maximum atomic E-state index is 13.4. The van der Waals surface area contributed by atoms with E-state index in [-0.39, 0.29) is 16.5 Å². The van der Waals surface area contributed by atoms with Gasteiger partial charge in [0.1, 0.15) is 5.82 Å². The van der Waals surface area contributed by atoms with Crippen LogP contribution in [0, 0.1) is 5.82 Å². The largest absolute Gasteiger partial charge is 0.336 e. The van der Waals surface area contributed by atoms with Crippen LogP contribution in [0.15, 0.2) is 18.2 Å². The van der Waals surface area contributed by atoms with Crippen LogP contribution >= 0.6 is 11.6 Å². The molecule has 108 valence electrons. The minimum atomic E-state index is -0.545. The van der Waals surface area contributed by atoms with Gasteiger partial charge < -0.3 is 10.2 Å². The highest BCUT2D eigenvalue weighted by atomic mass is 35.5. The molecule has 1 aromatic rings. The number of piperazine rings is 1. The number of hydrogen-bond donors (Lipinski definition) is 1. The van der Waals surface area contributed by atoms with Crippen LogP contribution in [-0.4, -0.2) is 61.0 Å². The Hall–Kier alpha value is -1.17. The molecule has 1 amide bonds. The fraction of sp³-hybridized carbons (Fsp3) is 0.500. The molecule has 2 aliphatic heterocycles. The molecule has 0 bridgehead atoms. The van der Waals surface area contributed by atoms with E-state index >= 15 is 0 Å². The van der Waals surface area contributed by atoms with Crippen LogP contribution < -0.4 is 5.32 Å². The molecular formula is C14H17ClFN3O. The van der Waals surface area contributed by atoms with Crippen LogP contribution in [0.5, 0.6) is 0 Å². The zero-order valence-corrected chi connectivity index (χ0v) is 11.9. The summed E-state index contributed by atoms with van der Waals surface area (Å²) < 4.78 is 13.4. The number of benzene rings is 1. The van der Waals surface area contributed by atoms with E-state index in [9.17, 15) is 9.18 Å². The summed E-state index contributed by atoms with van der Waals surface area (Å²) in [4.78, 5) is 16.5. The molecule has 3 rings (SSSR count). The van der Waals surface area contributed by atoms with Crippen molar-refractivity contribution in [1.29, 1.82) is 0 Å². The molecule has 4 nitrogen and oxygen atoms in total. The molecule has 2 aliphatic rings. The molecule has 2 saturated heterocycles. The molecule has 1 aromatic carbocycles. The van der Waals surface area contributed by atoms with E-state index in [2.05, 4.69) is 10.2 Å². The van der Waals surface area contributed by atoms with Gasteiger partial charge in [0.25, 0.3) is 5.91 Å². The van der Waals surface area contributed by atoms with E-state index in [1.165, 1.54) is 12.1 Å². The first-order chi connectivity index (χ1) is 9.66. The van der Waals surface area contributed by atoms with E-state index in [0.29, 0.717) is 19.1 Å². The minimum Gasteiger partial charge on any atom is -0.336 e. The lowest BCUT2D eigenvalue weighted by Crippen LogP contribution is -2.62. The van der Waals surface area contributed by atoms with E-state index in [1.54, 1.807) is 11.0 Å². The SMILES string of the molecule is O=C(c1cccc(F)c1Cl)N1CCN(C2CNC2)CC1. The Kier molecular flexibility index (Phi) is 3.92. The fourth-order valence-electron chi connectivity index (χ4n) is 2.66. The quantitative estimate of drug-likeness (QED) is 0.891. The molecule has 0 saturated carbocycles. The standard InChI is InChI=1S/C14H17ClFN3O/c15-13-11(2-1-3-12(13)16)14(20)19-6-4-18(5-7-19)10-8-17-9-10/h1-3,10,17H,4-9H2. The van der Waals surface area contributed by atoms with Gasteiger partial charge >= 0.3 is 0 Å². The Morgan fingerprint density at radius 3 is 2.55 bits per heavy atom. The molecule has 0 radical (unpaired) electrons. The lowest BCUT2D eigenvalue weighted by atomic mass is 10.1. The van der Waals surface area contributed by atoms with Crippen LogP contribution in [0.3, 0.4) is 0 Å². The summed E-state index contributed by atoms with van der Waals surface area (Å²) >= 11 is 5.88. The monoisotopic (exact) mass is 297 g/mol. The molecule has 0 atom stereocenters. The van der Waals surface area contributed by atoms with Crippen molar-refractivity contribution in [3.8, 4) is 0 Å². The summed E-state index contributed by atoms with van der Waals surface area (Å²) in [5, 5.41) is 3.17. The van der Waals surface area contributed by atoms with Gasteiger partial charge in [-0.2, -0.15) is 0 Å². The second-order valence-electron chi connectivity index (χ2n) is 5.24. The van der Waals surface area contributed by atoms with Crippen LogP contribution in [0.1, 0.15) is 10.4 Å². The number of nitrogens with one attached hydrogen (secondary N) is 1. The molecule has 2 fully saturated rings. The van der Waals surface area contributed by atoms with Crippen molar-refractivity contribution in [3.05, 3.63) is 34.6 Å². The van der Waals surface area contributed by atoms with Crippen molar-refractivity contribution < 1.29 is 9.18 Å². The lowest BCUT2D eigenvalue weighted by Gasteiger charge is -2.43. The van der Waals surface area contributed by atoms with E-state index in [4.69, 9.17) is 11.6 Å². The van der Waals surface area contributed by atoms with E-state index < -0.39 is 5.82 Å². The lowest BCUT2D eigenvalue weighted by molar-refractivity contribution is 0.0502. The Morgan fingerprint density at radius 1 is 1.25 bits per heavy atom. The van der Waals surface area contributed by atoms with Gasteiger partial charge in [0.2, 0.25) is 0 Å². The van der Waals surface area contributed by atoms with Crippen molar-refractivity contribution in [3.63, 3.8) is 0 Å². The fourth-order valence-corrected chi connectivity index (χ4v) is 2.87. The van der Waals surface area contributed by atoms with Crippen LogP contribution in [0.2, 0.25) is 5.02 Å². The van der Waals surface area contributed by atoms with Gasteiger partial charge in [-0.1, -0.05) is 17.7 Å². The number of carbonyl (C=O) groups is 1. The Morgan fingerprint density at radius 2 is 1.95 bits per heavy atom. The first-order valence-electron chi connectivity index (χ1n) is 6.85. The summed E-state index contributed by atoms with van der Waals surface area (Å²) in [5.74, 6) is -0.724. The molecule has 0 aliphatic carbocycles. The van der Waals surface area contributed by atoms with Gasteiger partial charge in [0, 0.05) is 45.3 Å². The molecule has 0 spiro atoms. The number of nitrogens with zero attached hydrogens (tertiary/aromatic N) is 2. The van der Waals surface area contributed by atoms with Gasteiger partial charge in [0.05, 0.1) is 10.6 Å². The maximum absolute atomic E-state index is 13.4. The topological polar surface area (TPSA) is 35.6 Å². The molecule has 1 N–H and O–H groups in total. The van der Waals surface area contributed by atoms with Gasteiger partial charge in [0.15, 0.2) is 0 Å². The van der Waals surface area contributed by atoms with Gasteiger partial charge in [-0.3, -0.25) is 9.69 Å². The van der Waals surface area contributed by atoms with Crippen molar-refractivity contribution in [1.82, 2.24) is 15.1 Å².